The molecular weight excluding hydrogens is 380 g/mol. The van der Waals surface area contributed by atoms with Crippen LogP contribution in [0.25, 0.3) is 0 Å². The fourth-order valence-corrected chi connectivity index (χ4v) is 4.77. The van der Waals surface area contributed by atoms with E-state index in [1.807, 2.05) is 0 Å². The molecule has 0 atom stereocenters. The molecule has 0 saturated heterocycles. The Labute approximate surface area is 155 Å². The zero-order valence-corrected chi connectivity index (χ0v) is 14.8. The van der Waals surface area contributed by atoms with Gasteiger partial charge in [0.15, 0.2) is 14.7 Å². The highest BCUT2D eigenvalue weighted by Gasteiger charge is 2.32. The summed E-state index contributed by atoms with van der Waals surface area (Å²) in [5, 5.41) is 0. The fourth-order valence-electron chi connectivity index (χ4n) is 2.57. The molecule has 3 rings (SSSR count). The van der Waals surface area contributed by atoms with E-state index in [0.29, 0.717) is 17.0 Å². The summed E-state index contributed by atoms with van der Waals surface area (Å²) < 4.78 is 59.8. The van der Waals surface area contributed by atoms with Crippen LogP contribution in [-0.2, 0) is 15.6 Å². The predicted octanol–water partition coefficient (Wildman–Crippen LogP) is 5.13. The summed E-state index contributed by atoms with van der Waals surface area (Å²) in [5.74, 6) is -3.87. The van der Waals surface area contributed by atoms with Gasteiger partial charge < -0.3 is 4.74 Å². The Hall–Kier alpha value is -2.80. The van der Waals surface area contributed by atoms with Crippen LogP contribution in [0.2, 0.25) is 0 Å². The van der Waals surface area contributed by atoms with E-state index in [-0.39, 0.29) is 15.4 Å². The van der Waals surface area contributed by atoms with Gasteiger partial charge in [-0.3, -0.25) is 0 Å². The van der Waals surface area contributed by atoms with E-state index in [0.717, 1.165) is 24.3 Å². The van der Waals surface area contributed by atoms with E-state index in [1.165, 1.54) is 19.2 Å². The third-order valence-electron chi connectivity index (χ3n) is 3.63. The van der Waals surface area contributed by atoms with E-state index >= 15 is 0 Å². The average molecular weight is 393 g/mol. The number of ether oxygens (including phenoxy) is 1. The molecule has 138 valence electrons. The summed E-state index contributed by atoms with van der Waals surface area (Å²) in [6, 6.07) is 12.0. The number of hydrogen-bond acceptors (Lipinski definition) is 2. The monoisotopic (exact) mass is 393 g/mol. The van der Waals surface area contributed by atoms with Gasteiger partial charge in [0.2, 0.25) is 0 Å². The maximum Gasteiger partial charge on any atom is 0.338 e. The largest absolute Gasteiger partial charge is 0.465 e. The van der Waals surface area contributed by atoms with Crippen LogP contribution in [0, 0.1) is 23.3 Å². The number of rotatable bonds is 4. The minimum atomic E-state index is -1.25. The number of benzene rings is 3. The minimum absolute atomic E-state index is 0.180. The molecule has 3 aromatic carbocycles. The molecule has 0 radical (unpaired) electrons. The molecule has 0 aliphatic carbocycles. The maximum atomic E-state index is 13.8. The van der Waals surface area contributed by atoms with Crippen molar-refractivity contribution < 1.29 is 27.1 Å². The molecule has 0 fully saturated rings. The van der Waals surface area contributed by atoms with Crippen LogP contribution in [-0.4, -0.2) is 13.1 Å². The summed E-state index contributed by atoms with van der Waals surface area (Å²) in [7, 11) is -0.0314. The van der Waals surface area contributed by atoms with Gasteiger partial charge >= 0.3 is 5.97 Å². The van der Waals surface area contributed by atoms with Gasteiger partial charge in [-0.25, -0.2) is 22.4 Å². The van der Waals surface area contributed by atoms with Gasteiger partial charge in [0.05, 0.1) is 23.6 Å². The molecule has 0 heterocycles. The second kappa shape index (κ2) is 7.84. The van der Waals surface area contributed by atoms with E-state index in [2.05, 4.69) is 4.74 Å². The van der Waals surface area contributed by atoms with E-state index < -0.39 is 40.1 Å². The molecule has 0 unspecified atom stereocenters. The first-order valence-electron chi connectivity index (χ1n) is 7.72. The number of halogens is 4. The number of esters is 1. The molecule has 0 N–H and O–H groups in total. The molecule has 0 amide bonds. The normalized spacial score (nSPS) is 10.9. The van der Waals surface area contributed by atoms with Crippen molar-refractivity contribution in [3.63, 3.8) is 0 Å². The Morgan fingerprint density at radius 2 is 1.22 bits per heavy atom. The van der Waals surface area contributed by atoms with Gasteiger partial charge in [0, 0.05) is 42.5 Å². The minimum Gasteiger partial charge on any atom is -0.465 e. The lowest BCUT2D eigenvalue weighted by Gasteiger charge is -2.10. The van der Waals surface area contributed by atoms with Crippen LogP contribution in [0.3, 0.4) is 0 Å². The first-order chi connectivity index (χ1) is 12.9. The van der Waals surface area contributed by atoms with Crippen molar-refractivity contribution >= 4 is 16.9 Å². The lowest BCUT2D eigenvalue weighted by atomic mass is 10.2. The van der Waals surface area contributed by atoms with E-state index in [9.17, 15) is 22.4 Å². The molecule has 0 saturated carbocycles. The molecule has 3 aromatic rings. The SMILES string of the molecule is COC(=O)c1cccc([S+](c2cc(F)cc(F)c2)c2cc(F)cc(F)c2)c1. The van der Waals surface area contributed by atoms with Crippen molar-refractivity contribution in [1.82, 2.24) is 0 Å². The number of carbonyl (C=O) groups excluding carboxylic acids is 1. The molecule has 27 heavy (non-hydrogen) atoms. The summed E-state index contributed by atoms with van der Waals surface area (Å²) in [5.41, 5.74) is 0.209. The van der Waals surface area contributed by atoms with Crippen LogP contribution in [0.5, 0.6) is 0 Å². The standard InChI is InChI=1S/C20H13F4O2S/c1-26-20(25)12-3-2-4-17(5-12)27(18-8-13(21)6-14(22)9-18)19-10-15(23)7-16(24)11-19/h2-11H,1H3/q+1. The van der Waals surface area contributed by atoms with Gasteiger partial charge in [0.1, 0.15) is 23.3 Å². The van der Waals surface area contributed by atoms with Crippen molar-refractivity contribution in [1.29, 1.82) is 0 Å². The first kappa shape index (κ1) is 19.0. The Morgan fingerprint density at radius 1 is 0.741 bits per heavy atom. The van der Waals surface area contributed by atoms with Gasteiger partial charge in [-0.1, -0.05) is 6.07 Å². The fraction of sp³-hybridized carbons (Fsp3) is 0.0500. The highest BCUT2D eigenvalue weighted by atomic mass is 32.2. The molecule has 0 aliphatic rings. The maximum absolute atomic E-state index is 13.8. The van der Waals surface area contributed by atoms with Crippen LogP contribution < -0.4 is 0 Å². The van der Waals surface area contributed by atoms with Gasteiger partial charge in [-0.05, 0) is 12.1 Å². The average Bonchev–Trinajstić information content (AvgIpc) is 2.60. The number of hydrogen-bond donors (Lipinski definition) is 0. The predicted molar refractivity (Wildman–Crippen MR) is 92.7 cm³/mol. The Morgan fingerprint density at radius 3 is 1.67 bits per heavy atom. The van der Waals surface area contributed by atoms with Crippen LogP contribution >= 0.6 is 0 Å². The third-order valence-corrected chi connectivity index (χ3v) is 5.77. The first-order valence-corrected chi connectivity index (χ1v) is 8.95. The quantitative estimate of drug-likeness (QED) is 0.349. The van der Waals surface area contributed by atoms with E-state index in [4.69, 9.17) is 0 Å². The van der Waals surface area contributed by atoms with Crippen molar-refractivity contribution in [2.45, 2.75) is 14.7 Å². The smallest absolute Gasteiger partial charge is 0.338 e. The van der Waals surface area contributed by atoms with Crippen molar-refractivity contribution in [3.05, 3.63) is 89.5 Å². The van der Waals surface area contributed by atoms with E-state index in [1.54, 1.807) is 12.1 Å². The Kier molecular flexibility index (Phi) is 5.51. The molecule has 0 aromatic heterocycles. The zero-order chi connectivity index (χ0) is 19.6. The molecule has 0 spiro atoms. The number of methoxy groups -OCH3 is 1. The molecule has 0 bridgehead atoms. The highest BCUT2D eigenvalue weighted by molar-refractivity contribution is 7.97. The topological polar surface area (TPSA) is 26.3 Å². The second-order valence-corrected chi connectivity index (χ2v) is 7.56. The molecular formula is C20H13F4O2S+. The van der Waals surface area contributed by atoms with Crippen LogP contribution in [0.1, 0.15) is 10.4 Å². The van der Waals surface area contributed by atoms with Crippen LogP contribution in [0.4, 0.5) is 17.6 Å². The number of carbonyl (C=O) groups is 1. The van der Waals surface area contributed by atoms with Crippen molar-refractivity contribution in [2.24, 2.45) is 0 Å². The van der Waals surface area contributed by atoms with Crippen molar-refractivity contribution in [3.8, 4) is 0 Å². The Bertz CT molecular complexity index is 915. The molecule has 0 aliphatic heterocycles. The van der Waals surface area contributed by atoms with Gasteiger partial charge in [-0.2, -0.15) is 0 Å². The van der Waals surface area contributed by atoms with Crippen molar-refractivity contribution in [2.75, 3.05) is 7.11 Å². The summed E-state index contributed by atoms with van der Waals surface area (Å²) in [4.78, 5) is 12.6. The van der Waals surface area contributed by atoms with Gasteiger partial charge in [0.25, 0.3) is 0 Å². The Balaban J connectivity index is 2.23. The molecule has 2 nitrogen and oxygen atoms in total. The second-order valence-electron chi connectivity index (χ2n) is 5.54. The third kappa shape index (κ3) is 4.31. The highest BCUT2D eigenvalue weighted by Crippen LogP contribution is 2.33. The van der Waals surface area contributed by atoms with Gasteiger partial charge in [-0.15, -0.1) is 0 Å². The van der Waals surface area contributed by atoms with Crippen LogP contribution in [0.15, 0.2) is 75.4 Å². The lowest BCUT2D eigenvalue weighted by Crippen LogP contribution is -2.09. The summed E-state index contributed by atoms with van der Waals surface area (Å²) >= 11 is 0. The lowest BCUT2D eigenvalue weighted by molar-refractivity contribution is 0.0600. The summed E-state index contributed by atoms with van der Waals surface area (Å²) in [6.45, 7) is 0. The summed E-state index contributed by atoms with van der Waals surface area (Å²) in [6.07, 6.45) is 0. The molecule has 7 heteroatoms. The zero-order valence-electron chi connectivity index (χ0n) is 14.0.